The molecule has 0 radical (unpaired) electrons. The summed E-state index contributed by atoms with van der Waals surface area (Å²) in [4.78, 5) is 23.8. The molecule has 2 atom stereocenters. The number of urea groups is 1. The second kappa shape index (κ2) is 9.61. The van der Waals surface area contributed by atoms with Crippen LogP contribution in [0.2, 0.25) is 0 Å². The number of hydrogen-bond donors (Lipinski definition) is 3. The summed E-state index contributed by atoms with van der Waals surface area (Å²) in [6.07, 6.45) is 1.09. The van der Waals surface area contributed by atoms with Crippen LogP contribution in [0.1, 0.15) is 48.4 Å². The lowest BCUT2D eigenvalue weighted by molar-refractivity contribution is -0.121. The molecular formula is C21H27N3O2. The maximum absolute atomic E-state index is 12.5. The van der Waals surface area contributed by atoms with Gasteiger partial charge in [0.1, 0.15) is 0 Å². The van der Waals surface area contributed by atoms with E-state index in [4.69, 9.17) is 5.73 Å². The Kier molecular flexibility index (Phi) is 7.21. The van der Waals surface area contributed by atoms with Gasteiger partial charge in [-0.25, -0.2) is 4.79 Å². The number of amides is 3. The van der Waals surface area contributed by atoms with E-state index >= 15 is 0 Å². The number of rotatable bonds is 8. The lowest BCUT2D eigenvalue weighted by Crippen LogP contribution is -2.37. The van der Waals surface area contributed by atoms with E-state index in [-0.39, 0.29) is 18.2 Å². The van der Waals surface area contributed by atoms with Gasteiger partial charge in [-0.1, -0.05) is 61.5 Å². The lowest BCUT2D eigenvalue weighted by Gasteiger charge is -2.21. The summed E-state index contributed by atoms with van der Waals surface area (Å²) in [6.45, 7) is 4.62. The first kappa shape index (κ1) is 19.5. The monoisotopic (exact) mass is 353 g/mol. The van der Waals surface area contributed by atoms with Crippen molar-refractivity contribution in [1.82, 2.24) is 10.6 Å². The molecule has 5 nitrogen and oxygen atoms in total. The van der Waals surface area contributed by atoms with Crippen LogP contribution < -0.4 is 16.4 Å². The molecule has 0 bridgehead atoms. The van der Waals surface area contributed by atoms with E-state index in [1.54, 1.807) is 0 Å². The maximum Gasteiger partial charge on any atom is 0.312 e. The van der Waals surface area contributed by atoms with Gasteiger partial charge in [0.15, 0.2) is 0 Å². The van der Waals surface area contributed by atoms with Gasteiger partial charge >= 0.3 is 6.03 Å². The van der Waals surface area contributed by atoms with Crippen LogP contribution >= 0.6 is 0 Å². The van der Waals surface area contributed by atoms with Gasteiger partial charge in [0.05, 0.1) is 12.5 Å². The molecule has 4 N–H and O–H groups in total. The Morgan fingerprint density at radius 3 is 2.31 bits per heavy atom. The molecule has 0 aliphatic rings. The van der Waals surface area contributed by atoms with Crippen molar-refractivity contribution in [2.45, 2.75) is 38.6 Å². The highest BCUT2D eigenvalue weighted by molar-refractivity contribution is 5.79. The Balaban J connectivity index is 2.01. The largest absolute Gasteiger partial charge is 0.355 e. The van der Waals surface area contributed by atoms with Crippen LogP contribution in [-0.4, -0.2) is 18.5 Å². The van der Waals surface area contributed by atoms with Gasteiger partial charge in [-0.2, -0.15) is 0 Å². The molecule has 0 aliphatic heterocycles. The average molecular weight is 353 g/mol. The standard InChI is InChI=1S/C21H27N3O2/c1-3-16(17-10-5-4-6-11-17)14-23-20(25)13-19(24-21(22)26)18-12-8-7-9-15(18)2/h4-12,16,19H,3,13-14H2,1-2H3,(H,23,25)(H3,22,24,26). The number of hydrogen-bond acceptors (Lipinski definition) is 2. The second-order valence-corrected chi connectivity index (χ2v) is 6.44. The Bertz CT molecular complexity index is 731. The SMILES string of the molecule is CCC(CNC(=O)CC(NC(N)=O)c1ccccc1C)c1ccccc1. The van der Waals surface area contributed by atoms with Crippen molar-refractivity contribution in [2.24, 2.45) is 5.73 Å². The number of nitrogens with one attached hydrogen (secondary N) is 2. The molecule has 0 fully saturated rings. The van der Waals surface area contributed by atoms with Gasteiger partial charge in [-0.15, -0.1) is 0 Å². The number of carbonyl (C=O) groups is 2. The Morgan fingerprint density at radius 1 is 1.04 bits per heavy atom. The zero-order chi connectivity index (χ0) is 18.9. The van der Waals surface area contributed by atoms with Crippen molar-refractivity contribution in [3.63, 3.8) is 0 Å². The topological polar surface area (TPSA) is 84.2 Å². The van der Waals surface area contributed by atoms with Crippen LogP contribution in [0.5, 0.6) is 0 Å². The highest BCUT2D eigenvalue weighted by atomic mass is 16.2. The number of nitrogens with two attached hydrogens (primary N) is 1. The van der Waals surface area contributed by atoms with Crippen molar-refractivity contribution < 1.29 is 9.59 Å². The molecule has 2 unspecified atom stereocenters. The summed E-state index contributed by atoms with van der Waals surface area (Å²) in [7, 11) is 0. The summed E-state index contributed by atoms with van der Waals surface area (Å²) in [5.74, 6) is 0.155. The molecular weight excluding hydrogens is 326 g/mol. The van der Waals surface area contributed by atoms with Gasteiger partial charge in [-0.05, 0) is 30.0 Å². The average Bonchev–Trinajstić information content (AvgIpc) is 2.62. The van der Waals surface area contributed by atoms with Crippen LogP contribution in [0.25, 0.3) is 0 Å². The maximum atomic E-state index is 12.5. The first-order chi connectivity index (χ1) is 12.5. The quantitative estimate of drug-likeness (QED) is 0.679. The first-order valence-electron chi connectivity index (χ1n) is 8.94. The molecule has 0 spiro atoms. The van der Waals surface area contributed by atoms with Crippen molar-refractivity contribution in [2.75, 3.05) is 6.54 Å². The minimum absolute atomic E-state index is 0.110. The summed E-state index contributed by atoms with van der Waals surface area (Å²) in [5.41, 5.74) is 8.41. The van der Waals surface area contributed by atoms with E-state index < -0.39 is 12.1 Å². The molecule has 0 heterocycles. The normalized spacial score (nSPS) is 12.8. The Labute approximate surface area is 155 Å². The smallest absolute Gasteiger partial charge is 0.312 e. The lowest BCUT2D eigenvalue weighted by atomic mass is 9.96. The minimum Gasteiger partial charge on any atom is -0.355 e. The highest BCUT2D eigenvalue weighted by Gasteiger charge is 2.19. The molecule has 0 saturated heterocycles. The van der Waals surface area contributed by atoms with Gasteiger partial charge in [0.2, 0.25) is 5.91 Å². The number of primary amides is 1. The zero-order valence-corrected chi connectivity index (χ0v) is 15.4. The van der Waals surface area contributed by atoms with E-state index in [0.29, 0.717) is 6.54 Å². The van der Waals surface area contributed by atoms with Crippen LogP contribution in [0, 0.1) is 6.92 Å². The summed E-state index contributed by atoms with van der Waals surface area (Å²) in [5, 5.41) is 5.67. The molecule has 3 amide bonds. The van der Waals surface area contributed by atoms with Crippen molar-refractivity contribution in [1.29, 1.82) is 0 Å². The number of carbonyl (C=O) groups excluding carboxylic acids is 2. The summed E-state index contributed by atoms with van der Waals surface area (Å²) in [6, 6.07) is 16.7. The van der Waals surface area contributed by atoms with Crippen molar-refractivity contribution in [3.05, 3.63) is 71.3 Å². The fourth-order valence-corrected chi connectivity index (χ4v) is 3.11. The third-order valence-electron chi connectivity index (χ3n) is 4.58. The van der Waals surface area contributed by atoms with Crippen LogP contribution in [0.15, 0.2) is 54.6 Å². The molecule has 0 saturated carbocycles. The number of aryl methyl sites for hydroxylation is 1. The van der Waals surface area contributed by atoms with E-state index in [9.17, 15) is 9.59 Å². The van der Waals surface area contributed by atoms with Crippen LogP contribution in [0.4, 0.5) is 4.79 Å². The van der Waals surface area contributed by atoms with E-state index in [2.05, 4.69) is 29.7 Å². The second-order valence-electron chi connectivity index (χ2n) is 6.44. The first-order valence-corrected chi connectivity index (χ1v) is 8.94. The van der Waals surface area contributed by atoms with Crippen molar-refractivity contribution in [3.8, 4) is 0 Å². The molecule has 138 valence electrons. The van der Waals surface area contributed by atoms with E-state index in [1.807, 2.05) is 49.4 Å². The predicted octanol–water partition coefficient (Wildman–Crippen LogP) is 3.40. The third-order valence-corrected chi connectivity index (χ3v) is 4.58. The van der Waals surface area contributed by atoms with Crippen LogP contribution in [0.3, 0.4) is 0 Å². The fourth-order valence-electron chi connectivity index (χ4n) is 3.11. The van der Waals surface area contributed by atoms with Gasteiger partial charge in [-0.3, -0.25) is 4.79 Å². The summed E-state index contributed by atoms with van der Waals surface area (Å²) < 4.78 is 0. The minimum atomic E-state index is -0.637. The molecule has 2 rings (SSSR count). The number of benzene rings is 2. The Hall–Kier alpha value is -2.82. The van der Waals surface area contributed by atoms with Gasteiger partial charge in [0.25, 0.3) is 0 Å². The van der Waals surface area contributed by atoms with Crippen LogP contribution in [-0.2, 0) is 4.79 Å². The van der Waals surface area contributed by atoms with E-state index in [0.717, 1.165) is 17.5 Å². The molecule has 0 aromatic heterocycles. The highest BCUT2D eigenvalue weighted by Crippen LogP contribution is 2.21. The summed E-state index contributed by atoms with van der Waals surface area (Å²) >= 11 is 0. The Morgan fingerprint density at radius 2 is 1.69 bits per heavy atom. The molecule has 26 heavy (non-hydrogen) atoms. The van der Waals surface area contributed by atoms with Crippen molar-refractivity contribution >= 4 is 11.9 Å². The zero-order valence-electron chi connectivity index (χ0n) is 15.4. The molecule has 5 heteroatoms. The molecule has 0 aliphatic carbocycles. The molecule has 2 aromatic carbocycles. The fraction of sp³-hybridized carbons (Fsp3) is 0.333. The molecule has 2 aromatic rings. The third kappa shape index (κ3) is 5.62. The predicted molar refractivity (Wildman–Crippen MR) is 104 cm³/mol. The van der Waals surface area contributed by atoms with Gasteiger partial charge in [0, 0.05) is 12.5 Å². The van der Waals surface area contributed by atoms with E-state index in [1.165, 1.54) is 5.56 Å². The van der Waals surface area contributed by atoms with Gasteiger partial charge < -0.3 is 16.4 Å².